The van der Waals surface area contributed by atoms with Crippen molar-refractivity contribution in [2.45, 2.75) is 58.0 Å². The van der Waals surface area contributed by atoms with Gasteiger partial charge in [0.05, 0.1) is 25.3 Å². The minimum atomic E-state index is 0.384. The van der Waals surface area contributed by atoms with Gasteiger partial charge in [-0.3, -0.25) is 4.79 Å². The third-order valence-electron chi connectivity index (χ3n) is 4.67. The second-order valence-electron chi connectivity index (χ2n) is 6.87. The predicted molar refractivity (Wildman–Crippen MR) is 65.6 cm³/mol. The van der Waals surface area contributed by atoms with Gasteiger partial charge < -0.3 is 9.64 Å². The largest absolute Gasteiger partial charge is 0.377 e. The zero-order valence-corrected chi connectivity index (χ0v) is 10.9. The Labute approximate surface area is 104 Å². The highest BCUT2D eigenvalue weighted by atomic mass is 16.5. The highest BCUT2D eigenvalue weighted by molar-refractivity contribution is 5.77. The number of rotatable bonds is 2. The Hall–Kier alpha value is -0.570. The molecule has 2 saturated heterocycles. The first-order chi connectivity index (χ1) is 8.05. The van der Waals surface area contributed by atoms with Gasteiger partial charge in [-0.2, -0.15) is 0 Å². The minimum absolute atomic E-state index is 0.384. The number of carbonyl (C=O) groups is 1. The summed E-state index contributed by atoms with van der Waals surface area (Å²) in [6.45, 7) is 6.12. The van der Waals surface area contributed by atoms with Crippen LogP contribution in [0.5, 0.6) is 0 Å². The molecule has 3 nitrogen and oxygen atoms in total. The zero-order chi connectivity index (χ0) is 12.0. The Morgan fingerprint density at radius 3 is 2.35 bits per heavy atom. The maximum absolute atomic E-state index is 12.3. The number of nitrogens with zero attached hydrogens (tertiary/aromatic N) is 1. The van der Waals surface area contributed by atoms with Gasteiger partial charge in [0.25, 0.3) is 0 Å². The van der Waals surface area contributed by atoms with Crippen LogP contribution >= 0.6 is 0 Å². The molecule has 3 aliphatic rings. The van der Waals surface area contributed by atoms with Gasteiger partial charge in [-0.25, -0.2) is 0 Å². The second kappa shape index (κ2) is 3.98. The number of hydrogen-bond donors (Lipinski definition) is 0. The molecule has 0 aromatic heterocycles. The van der Waals surface area contributed by atoms with Gasteiger partial charge in [0.1, 0.15) is 0 Å². The average Bonchev–Trinajstić information content (AvgIpc) is 2.46. The lowest BCUT2D eigenvalue weighted by Crippen LogP contribution is -2.50. The fraction of sp³-hybridized carbons (Fsp3) is 0.929. The lowest BCUT2D eigenvalue weighted by molar-refractivity contribution is -0.143. The van der Waals surface area contributed by atoms with Crippen molar-refractivity contribution < 1.29 is 9.53 Å². The Balaban J connectivity index is 1.56. The summed E-state index contributed by atoms with van der Waals surface area (Å²) in [4.78, 5) is 14.5. The molecule has 0 aromatic carbocycles. The quantitative estimate of drug-likeness (QED) is 0.737. The van der Waals surface area contributed by atoms with Gasteiger partial charge in [0.2, 0.25) is 5.91 Å². The van der Waals surface area contributed by atoms with Crippen LogP contribution < -0.4 is 0 Å². The van der Waals surface area contributed by atoms with Crippen LogP contribution in [0.25, 0.3) is 0 Å². The number of carbonyl (C=O) groups excluding carboxylic acids is 1. The van der Waals surface area contributed by atoms with E-state index in [1.54, 1.807) is 0 Å². The molecule has 2 unspecified atom stereocenters. The third kappa shape index (κ3) is 2.10. The van der Waals surface area contributed by atoms with Gasteiger partial charge in [-0.15, -0.1) is 0 Å². The Bertz CT molecular complexity index is 302. The van der Waals surface area contributed by atoms with Crippen LogP contribution in [0.3, 0.4) is 0 Å². The van der Waals surface area contributed by atoms with Crippen molar-refractivity contribution >= 4 is 5.91 Å². The molecule has 1 aliphatic carbocycles. The van der Waals surface area contributed by atoms with Crippen LogP contribution in [0, 0.1) is 11.3 Å². The topological polar surface area (TPSA) is 29.5 Å². The summed E-state index contributed by atoms with van der Waals surface area (Å²) in [5.74, 6) is 1.03. The molecule has 1 amide bonds. The summed E-state index contributed by atoms with van der Waals surface area (Å²) in [5, 5.41) is 0. The highest BCUT2D eigenvalue weighted by Crippen LogP contribution is 2.46. The van der Waals surface area contributed by atoms with E-state index in [9.17, 15) is 4.79 Å². The van der Waals surface area contributed by atoms with Gasteiger partial charge in [-0.1, -0.05) is 13.8 Å². The summed E-state index contributed by atoms with van der Waals surface area (Å²) >= 11 is 0. The van der Waals surface area contributed by atoms with E-state index in [0.717, 1.165) is 32.5 Å². The van der Waals surface area contributed by atoms with E-state index in [1.165, 1.54) is 12.8 Å². The first kappa shape index (κ1) is 11.5. The summed E-state index contributed by atoms with van der Waals surface area (Å²) in [5.41, 5.74) is 0.481. The molecule has 1 saturated carbocycles. The van der Waals surface area contributed by atoms with Crippen LogP contribution in [0.1, 0.15) is 46.0 Å². The second-order valence-corrected chi connectivity index (χ2v) is 6.87. The number of morpholine rings is 1. The van der Waals surface area contributed by atoms with E-state index in [0.29, 0.717) is 29.3 Å². The molecule has 0 N–H and O–H groups in total. The van der Waals surface area contributed by atoms with Crippen molar-refractivity contribution in [2.75, 3.05) is 13.2 Å². The number of ether oxygens (including phenoxy) is 1. The SMILES string of the molecule is CC1(C)CC(CC(=O)N2C3CCC2COC3)C1. The fourth-order valence-electron chi connectivity index (χ4n) is 4.04. The zero-order valence-electron chi connectivity index (χ0n) is 10.9. The van der Waals surface area contributed by atoms with Crippen LogP contribution in [0.15, 0.2) is 0 Å². The molecule has 0 aromatic rings. The standard InChI is InChI=1S/C14H23NO2/c1-14(2)6-10(7-14)5-13(16)15-11-3-4-12(15)9-17-8-11/h10-12H,3-9H2,1-2H3. The van der Waals surface area contributed by atoms with E-state index in [4.69, 9.17) is 4.74 Å². The van der Waals surface area contributed by atoms with Crippen molar-refractivity contribution in [3.05, 3.63) is 0 Å². The lowest BCUT2D eigenvalue weighted by atomic mass is 9.63. The van der Waals surface area contributed by atoms with Crippen molar-refractivity contribution in [1.29, 1.82) is 0 Å². The molecule has 3 rings (SSSR count). The molecule has 96 valence electrons. The molecular formula is C14H23NO2. The van der Waals surface area contributed by atoms with Crippen LogP contribution in [0.2, 0.25) is 0 Å². The molecule has 3 fully saturated rings. The predicted octanol–water partition coefficient (Wildman–Crippen LogP) is 2.20. The molecule has 2 aliphatic heterocycles. The molecule has 3 heteroatoms. The maximum Gasteiger partial charge on any atom is 0.223 e. The van der Waals surface area contributed by atoms with Gasteiger partial charge >= 0.3 is 0 Å². The molecule has 2 heterocycles. The van der Waals surface area contributed by atoms with Gasteiger partial charge in [0, 0.05) is 6.42 Å². The van der Waals surface area contributed by atoms with Crippen molar-refractivity contribution in [3.8, 4) is 0 Å². The van der Waals surface area contributed by atoms with E-state index in [2.05, 4.69) is 18.7 Å². The van der Waals surface area contributed by atoms with Gasteiger partial charge in [0.15, 0.2) is 0 Å². The van der Waals surface area contributed by atoms with Crippen molar-refractivity contribution in [1.82, 2.24) is 4.90 Å². The first-order valence-electron chi connectivity index (χ1n) is 6.94. The molecule has 17 heavy (non-hydrogen) atoms. The Morgan fingerprint density at radius 2 is 1.82 bits per heavy atom. The fourth-order valence-corrected chi connectivity index (χ4v) is 4.04. The Morgan fingerprint density at radius 1 is 1.24 bits per heavy atom. The smallest absolute Gasteiger partial charge is 0.223 e. The third-order valence-corrected chi connectivity index (χ3v) is 4.67. The van der Waals surface area contributed by atoms with Crippen molar-refractivity contribution in [2.24, 2.45) is 11.3 Å². The van der Waals surface area contributed by atoms with Crippen LogP contribution in [-0.2, 0) is 9.53 Å². The summed E-state index contributed by atoms with van der Waals surface area (Å²) in [6, 6.07) is 0.767. The summed E-state index contributed by atoms with van der Waals surface area (Å²) in [6.07, 6.45) is 5.51. The molecule has 2 bridgehead atoms. The van der Waals surface area contributed by atoms with E-state index in [1.807, 2.05) is 0 Å². The van der Waals surface area contributed by atoms with Crippen molar-refractivity contribution in [3.63, 3.8) is 0 Å². The molecule has 2 atom stereocenters. The van der Waals surface area contributed by atoms with E-state index >= 15 is 0 Å². The molecular weight excluding hydrogens is 214 g/mol. The number of amides is 1. The molecule has 0 radical (unpaired) electrons. The summed E-state index contributed by atoms with van der Waals surface area (Å²) < 4.78 is 5.52. The molecule has 0 spiro atoms. The number of fused-ring (bicyclic) bond motifs is 2. The first-order valence-corrected chi connectivity index (χ1v) is 6.94. The Kier molecular flexibility index (Phi) is 2.69. The van der Waals surface area contributed by atoms with Crippen LogP contribution in [0.4, 0.5) is 0 Å². The van der Waals surface area contributed by atoms with Gasteiger partial charge in [-0.05, 0) is 37.0 Å². The number of hydrogen-bond acceptors (Lipinski definition) is 2. The normalized spacial score (nSPS) is 35.8. The van der Waals surface area contributed by atoms with E-state index < -0.39 is 0 Å². The maximum atomic E-state index is 12.3. The highest BCUT2D eigenvalue weighted by Gasteiger charge is 2.43. The lowest BCUT2D eigenvalue weighted by Gasteiger charge is -2.44. The summed E-state index contributed by atoms with van der Waals surface area (Å²) in [7, 11) is 0. The monoisotopic (exact) mass is 237 g/mol. The van der Waals surface area contributed by atoms with Crippen LogP contribution in [-0.4, -0.2) is 36.1 Å². The minimum Gasteiger partial charge on any atom is -0.377 e. The average molecular weight is 237 g/mol. The van der Waals surface area contributed by atoms with E-state index in [-0.39, 0.29) is 0 Å².